The van der Waals surface area contributed by atoms with Crippen LogP contribution >= 0.6 is 11.8 Å². The quantitative estimate of drug-likeness (QED) is 0.231. The first kappa shape index (κ1) is 28.2. The van der Waals surface area contributed by atoms with Crippen LogP contribution in [0.4, 0.5) is 0 Å². The van der Waals surface area contributed by atoms with Crippen LogP contribution in [0, 0.1) is 11.8 Å². The van der Waals surface area contributed by atoms with E-state index in [1.54, 1.807) is 28.8 Å². The third kappa shape index (κ3) is 4.77. The first-order chi connectivity index (χ1) is 17.8. The number of amides is 2. The normalized spacial score (nSPS) is 33.8. The van der Waals surface area contributed by atoms with Gasteiger partial charge in [-0.15, -0.1) is 24.9 Å². The van der Waals surface area contributed by atoms with Gasteiger partial charge in [0, 0.05) is 17.3 Å². The predicted molar refractivity (Wildman–Crippen MR) is 146 cm³/mol. The number of nitrogens with zero attached hydrogens (tertiary/aromatic N) is 2. The second kappa shape index (κ2) is 11.5. The summed E-state index contributed by atoms with van der Waals surface area (Å²) in [4.78, 5) is 45.8. The molecule has 2 unspecified atom stereocenters. The molecule has 6 atom stereocenters. The number of allylic oxidation sites excluding steroid dienone is 1. The zero-order chi connectivity index (χ0) is 26.8. The Hall–Kier alpha value is -1.80. The minimum Gasteiger partial charge on any atom is -0.465 e. The Morgan fingerprint density at radius 3 is 2.59 bits per heavy atom. The molecule has 0 aromatic rings. The summed E-state index contributed by atoms with van der Waals surface area (Å²) in [5, 5.41) is 10.3. The third-order valence-corrected chi connectivity index (χ3v) is 11.2. The molecule has 8 heteroatoms. The maximum atomic E-state index is 14.5. The Kier molecular flexibility index (Phi) is 8.79. The minimum absolute atomic E-state index is 0.0497. The molecule has 4 rings (SSSR count). The molecule has 4 fully saturated rings. The van der Waals surface area contributed by atoms with Crippen LogP contribution in [0.15, 0.2) is 25.3 Å². The Morgan fingerprint density at radius 1 is 1.24 bits per heavy atom. The molecular formula is C29H44N2O5S. The van der Waals surface area contributed by atoms with Gasteiger partial charge < -0.3 is 19.6 Å². The number of carbonyl (C=O) groups excluding carboxylic acids is 3. The fourth-order valence-corrected chi connectivity index (χ4v) is 9.73. The smallest absolute Gasteiger partial charge is 0.311 e. The highest BCUT2D eigenvalue weighted by molar-refractivity contribution is 8.02. The zero-order valence-corrected chi connectivity index (χ0v) is 23.3. The number of ether oxygens (including phenoxy) is 1. The largest absolute Gasteiger partial charge is 0.465 e. The molecule has 0 radical (unpaired) electrons. The molecule has 1 aliphatic carbocycles. The lowest BCUT2D eigenvalue weighted by Gasteiger charge is -2.42. The summed E-state index contributed by atoms with van der Waals surface area (Å²) in [6.45, 7) is 12.2. The maximum absolute atomic E-state index is 14.5. The molecule has 1 spiro atoms. The summed E-state index contributed by atoms with van der Waals surface area (Å²) in [6.07, 6.45) is 12.3. The Labute approximate surface area is 226 Å². The lowest BCUT2D eigenvalue weighted by Crippen LogP contribution is -2.59. The van der Waals surface area contributed by atoms with Crippen molar-refractivity contribution in [1.82, 2.24) is 9.80 Å². The van der Waals surface area contributed by atoms with Gasteiger partial charge in [0.25, 0.3) is 0 Å². The van der Waals surface area contributed by atoms with Crippen LogP contribution in [0.3, 0.4) is 0 Å². The number of hydrogen-bond acceptors (Lipinski definition) is 6. The summed E-state index contributed by atoms with van der Waals surface area (Å²) < 4.78 is 4.56. The van der Waals surface area contributed by atoms with Crippen molar-refractivity contribution in [3.8, 4) is 0 Å². The summed E-state index contributed by atoms with van der Waals surface area (Å²) in [7, 11) is 0. The van der Waals surface area contributed by atoms with Gasteiger partial charge >= 0.3 is 5.97 Å². The average Bonchev–Trinajstić information content (AvgIpc) is 3.47. The number of aliphatic hydroxyl groups is 1. The van der Waals surface area contributed by atoms with Crippen LogP contribution in [0.5, 0.6) is 0 Å². The molecule has 3 heterocycles. The summed E-state index contributed by atoms with van der Waals surface area (Å²) in [6, 6.07) is -1.03. The van der Waals surface area contributed by atoms with Gasteiger partial charge in [0.15, 0.2) is 0 Å². The van der Waals surface area contributed by atoms with Gasteiger partial charge in [-0.05, 0) is 51.9 Å². The molecule has 0 aromatic carbocycles. The van der Waals surface area contributed by atoms with Crippen molar-refractivity contribution in [1.29, 1.82) is 0 Å². The van der Waals surface area contributed by atoms with E-state index in [0.29, 0.717) is 32.4 Å². The Bertz CT molecular complexity index is 901. The first-order valence-corrected chi connectivity index (χ1v) is 14.9. The van der Waals surface area contributed by atoms with E-state index in [9.17, 15) is 19.5 Å². The van der Waals surface area contributed by atoms with Crippen LogP contribution < -0.4 is 0 Å². The molecule has 4 aliphatic rings. The van der Waals surface area contributed by atoms with Crippen molar-refractivity contribution in [2.75, 3.05) is 19.8 Å². The molecule has 2 bridgehead atoms. The van der Waals surface area contributed by atoms with Gasteiger partial charge in [0.1, 0.15) is 6.04 Å². The van der Waals surface area contributed by atoms with Gasteiger partial charge in [-0.3, -0.25) is 14.4 Å². The van der Waals surface area contributed by atoms with E-state index in [0.717, 1.165) is 38.5 Å². The van der Waals surface area contributed by atoms with Gasteiger partial charge in [0.2, 0.25) is 11.8 Å². The highest BCUT2D eigenvalue weighted by Gasteiger charge is 2.78. The second-order valence-electron chi connectivity index (χ2n) is 11.4. The predicted octanol–water partition coefficient (Wildman–Crippen LogP) is 4.10. The van der Waals surface area contributed by atoms with E-state index in [1.807, 2.05) is 11.8 Å². The number of hydrogen-bond donors (Lipinski definition) is 1. The van der Waals surface area contributed by atoms with Gasteiger partial charge in [-0.25, -0.2) is 0 Å². The number of likely N-dealkylation sites (tertiary alicyclic amines) is 1. The van der Waals surface area contributed by atoms with E-state index in [1.165, 1.54) is 6.42 Å². The second-order valence-corrected chi connectivity index (χ2v) is 13.3. The van der Waals surface area contributed by atoms with Crippen molar-refractivity contribution in [2.24, 2.45) is 11.8 Å². The van der Waals surface area contributed by atoms with Gasteiger partial charge in [-0.2, -0.15) is 0 Å². The summed E-state index contributed by atoms with van der Waals surface area (Å²) in [5.74, 6) is -1.77. The fourth-order valence-electron chi connectivity index (χ4n) is 7.41. The van der Waals surface area contributed by atoms with Crippen molar-refractivity contribution in [3.05, 3.63) is 25.3 Å². The molecule has 0 aromatic heterocycles. The van der Waals surface area contributed by atoms with E-state index in [4.69, 9.17) is 4.74 Å². The van der Waals surface area contributed by atoms with Crippen LogP contribution in [0.25, 0.3) is 0 Å². The number of rotatable bonds is 12. The van der Waals surface area contributed by atoms with Crippen molar-refractivity contribution < 1.29 is 24.2 Å². The Morgan fingerprint density at radius 2 is 1.97 bits per heavy atom. The highest BCUT2D eigenvalue weighted by Crippen LogP contribution is 2.72. The lowest BCUT2D eigenvalue weighted by atomic mass is 9.66. The lowest BCUT2D eigenvalue weighted by molar-refractivity contribution is -0.156. The van der Waals surface area contributed by atoms with E-state index in [2.05, 4.69) is 20.1 Å². The van der Waals surface area contributed by atoms with Gasteiger partial charge in [0.05, 0.1) is 35.8 Å². The molecule has 206 valence electrons. The molecule has 1 N–H and O–H groups in total. The maximum Gasteiger partial charge on any atom is 0.311 e. The molecule has 3 saturated heterocycles. The molecule has 7 nitrogen and oxygen atoms in total. The van der Waals surface area contributed by atoms with E-state index < -0.39 is 33.4 Å². The first-order valence-electron chi connectivity index (χ1n) is 14.1. The number of fused-ring (bicyclic) bond motifs is 1. The number of unbranched alkanes of at least 4 members (excludes halogenated alkanes) is 1. The number of esters is 1. The fraction of sp³-hybridized carbons (Fsp3) is 0.759. The van der Waals surface area contributed by atoms with Crippen molar-refractivity contribution in [3.63, 3.8) is 0 Å². The molecule has 2 amide bonds. The minimum atomic E-state index is -0.700. The van der Waals surface area contributed by atoms with E-state index >= 15 is 0 Å². The highest BCUT2D eigenvalue weighted by atomic mass is 32.2. The van der Waals surface area contributed by atoms with Gasteiger partial charge in [-0.1, -0.05) is 38.3 Å². The number of thioether (sulfide) groups is 1. The third-order valence-electron chi connectivity index (χ3n) is 9.20. The van der Waals surface area contributed by atoms with E-state index in [-0.39, 0.29) is 30.4 Å². The van der Waals surface area contributed by atoms with Crippen molar-refractivity contribution >= 4 is 29.5 Å². The zero-order valence-electron chi connectivity index (χ0n) is 22.5. The van der Waals surface area contributed by atoms with Crippen molar-refractivity contribution in [2.45, 2.75) is 106 Å². The Balaban J connectivity index is 1.72. The number of carbonyl (C=O) groups is 3. The van der Waals surface area contributed by atoms with Crippen LogP contribution in [-0.4, -0.2) is 80.1 Å². The van der Waals surface area contributed by atoms with Crippen LogP contribution in [-0.2, 0) is 19.1 Å². The SMILES string of the molecule is C=CCCCOC(=O)[C@@H]1[C@H]2C(=O)N([C@@H](CC)CO)C(C(=O)N(CC=C)C3CCCCC3)C23CC[C@@]1(C)S3. The molecule has 1 saturated carbocycles. The standard InChI is InChI=1S/C29H44N2O5S/c1-5-8-12-18-36-27(35)23-22-25(33)31(20(7-3)19-32)24(29(22)16-15-28(23,4)37-29)26(34)30(17-6-2)21-13-10-9-11-14-21/h5-6,20-24,32H,1-2,7-19H2,3-4H3/t20-,22-,23-,24?,28+,29?/m0/s1. The summed E-state index contributed by atoms with van der Waals surface area (Å²) >= 11 is 1.66. The number of aliphatic hydroxyl groups excluding tert-OH is 1. The molecule has 3 aliphatic heterocycles. The van der Waals surface area contributed by atoms with Crippen LogP contribution in [0.1, 0.15) is 78.1 Å². The van der Waals surface area contributed by atoms with Crippen LogP contribution in [0.2, 0.25) is 0 Å². The monoisotopic (exact) mass is 532 g/mol. The molecular weight excluding hydrogens is 488 g/mol. The topological polar surface area (TPSA) is 87.1 Å². The summed E-state index contributed by atoms with van der Waals surface area (Å²) in [5.41, 5.74) is 0. The molecule has 37 heavy (non-hydrogen) atoms. The average molecular weight is 533 g/mol.